The topological polar surface area (TPSA) is 12.0 Å². The van der Waals surface area contributed by atoms with E-state index in [1.54, 1.807) is 17.4 Å². The van der Waals surface area contributed by atoms with Crippen molar-refractivity contribution in [2.75, 3.05) is 6.54 Å². The molecule has 102 valence electrons. The van der Waals surface area contributed by atoms with Crippen molar-refractivity contribution in [1.82, 2.24) is 5.32 Å². The molecule has 1 nitrogen and oxygen atoms in total. The van der Waals surface area contributed by atoms with Gasteiger partial charge in [0.2, 0.25) is 0 Å². The van der Waals surface area contributed by atoms with Crippen molar-refractivity contribution in [3.05, 3.63) is 55.2 Å². The lowest BCUT2D eigenvalue weighted by Crippen LogP contribution is -2.23. The van der Waals surface area contributed by atoms with Crippen LogP contribution in [0, 0.1) is 0 Å². The van der Waals surface area contributed by atoms with Gasteiger partial charge in [-0.25, -0.2) is 0 Å². The third kappa shape index (κ3) is 3.87. The van der Waals surface area contributed by atoms with Crippen LogP contribution in [0.4, 0.5) is 0 Å². The van der Waals surface area contributed by atoms with Gasteiger partial charge in [0.25, 0.3) is 0 Å². The van der Waals surface area contributed by atoms with Gasteiger partial charge in [0, 0.05) is 17.3 Å². The number of thiophene rings is 1. The number of nitrogens with one attached hydrogen (secondary N) is 1. The molecule has 1 N–H and O–H groups in total. The van der Waals surface area contributed by atoms with Gasteiger partial charge < -0.3 is 5.32 Å². The van der Waals surface area contributed by atoms with Crippen molar-refractivity contribution in [3.8, 4) is 0 Å². The minimum absolute atomic E-state index is 0.144. The maximum Gasteiger partial charge on any atom is 0.0931 e. The van der Waals surface area contributed by atoms with Crippen LogP contribution in [-0.4, -0.2) is 6.54 Å². The fourth-order valence-electron chi connectivity index (χ4n) is 1.99. The van der Waals surface area contributed by atoms with Crippen molar-refractivity contribution in [3.63, 3.8) is 0 Å². The summed E-state index contributed by atoms with van der Waals surface area (Å²) in [5.41, 5.74) is 1.03. The zero-order chi connectivity index (χ0) is 13.8. The fourth-order valence-corrected chi connectivity index (χ4v) is 3.56. The zero-order valence-electron chi connectivity index (χ0n) is 10.4. The van der Waals surface area contributed by atoms with Crippen molar-refractivity contribution in [1.29, 1.82) is 0 Å². The monoisotopic (exact) mass is 333 g/mol. The third-order valence-electron chi connectivity index (χ3n) is 2.84. The number of benzene rings is 1. The van der Waals surface area contributed by atoms with Crippen LogP contribution in [0.15, 0.2) is 30.3 Å². The van der Waals surface area contributed by atoms with Gasteiger partial charge in [-0.2, -0.15) is 0 Å². The minimum atomic E-state index is 0.144. The van der Waals surface area contributed by atoms with E-state index in [4.69, 9.17) is 34.8 Å². The lowest BCUT2D eigenvalue weighted by molar-refractivity contribution is 0.553. The van der Waals surface area contributed by atoms with Gasteiger partial charge >= 0.3 is 0 Å². The van der Waals surface area contributed by atoms with Crippen molar-refractivity contribution in [2.45, 2.75) is 19.4 Å². The second-order valence-electron chi connectivity index (χ2n) is 4.16. The Bertz CT molecular complexity index is 553. The first-order chi connectivity index (χ1) is 9.11. The summed E-state index contributed by atoms with van der Waals surface area (Å²) in [7, 11) is 0. The molecule has 0 radical (unpaired) electrons. The molecule has 2 rings (SSSR count). The lowest BCUT2D eigenvalue weighted by atomic mass is 10.0. The molecule has 1 atom stereocenters. The molecule has 0 bridgehead atoms. The second-order valence-corrected chi connectivity index (χ2v) is 6.75. The average molecular weight is 335 g/mol. The van der Waals surface area contributed by atoms with Crippen LogP contribution in [0.1, 0.15) is 23.4 Å². The molecule has 1 heterocycles. The van der Waals surface area contributed by atoms with Crippen LogP contribution in [0.2, 0.25) is 14.4 Å². The molecule has 19 heavy (non-hydrogen) atoms. The van der Waals surface area contributed by atoms with Gasteiger partial charge in [-0.05, 0) is 30.3 Å². The lowest BCUT2D eigenvalue weighted by Gasteiger charge is -2.19. The van der Waals surface area contributed by atoms with Crippen LogP contribution in [0.25, 0.3) is 0 Å². The molecule has 1 aromatic carbocycles. The summed E-state index contributed by atoms with van der Waals surface area (Å²) in [5.74, 6) is 0. The predicted molar refractivity (Wildman–Crippen MR) is 85.9 cm³/mol. The Morgan fingerprint density at radius 2 is 1.95 bits per heavy atom. The van der Waals surface area contributed by atoms with Gasteiger partial charge in [0.1, 0.15) is 0 Å². The number of rotatable bonds is 5. The highest BCUT2D eigenvalue weighted by molar-refractivity contribution is 7.16. The Hall–Kier alpha value is -0.250. The van der Waals surface area contributed by atoms with E-state index in [1.165, 1.54) is 4.88 Å². The van der Waals surface area contributed by atoms with E-state index < -0.39 is 0 Å². The summed E-state index contributed by atoms with van der Waals surface area (Å²) in [5, 5.41) is 4.66. The van der Waals surface area contributed by atoms with E-state index in [-0.39, 0.29) is 6.04 Å². The van der Waals surface area contributed by atoms with Crippen molar-refractivity contribution >= 4 is 46.1 Å². The summed E-state index contributed by atoms with van der Waals surface area (Å²) in [6.07, 6.45) is 0.852. The minimum Gasteiger partial charge on any atom is -0.310 e. The van der Waals surface area contributed by atoms with E-state index in [0.29, 0.717) is 10.0 Å². The number of hydrogen-bond acceptors (Lipinski definition) is 2. The average Bonchev–Trinajstić information content (AvgIpc) is 2.78. The van der Waals surface area contributed by atoms with E-state index in [1.807, 2.05) is 18.2 Å². The molecule has 0 saturated carbocycles. The highest BCUT2D eigenvalue weighted by Crippen LogP contribution is 2.33. The molecule has 0 spiro atoms. The summed E-state index contributed by atoms with van der Waals surface area (Å²) >= 11 is 20.0. The molecular weight excluding hydrogens is 321 g/mol. The van der Waals surface area contributed by atoms with Crippen molar-refractivity contribution < 1.29 is 0 Å². The van der Waals surface area contributed by atoms with Gasteiger partial charge in [0.05, 0.1) is 14.4 Å². The van der Waals surface area contributed by atoms with Gasteiger partial charge in [-0.15, -0.1) is 11.3 Å². The number of hydrogen-bond donors (Lipinski definition) is 1. The Balaban J connectivity index is 2.26. The van der Waals surface area contributed by atoms with Crippen LogP contribution in [-0.2, 0) is 6.42 Å². The summed E-state index contributed by atoms with van der Waals surface area (Å²) < 4.78 is 0.808. The first kappa shape index (κ1) is 15.1. The molecule has 5 heteroatoms. The maximum absolute atomic E-state index is 6.30. The summed E-state index contributed by atoms with van der Waals surface area (Å²) in [4.78, 5) is 1.23. The standard InChI is InChI=1S/C14H14Cl3NS/c1-2-18-12(8-9-6-7-13(16)19-9)10-4-3-5-11(15)14(10)17/h3-7,12,18H,2,8H2,1H3. The first-order valence-electron chi connectivity index (χ1n) is 6.03. The normalized spacial score (nSPS) is 12.6. The van der Waals surface area contributed by atoms with Crippen LogP contribution in [0.3, 0.4) is 0 Å². The largest absolute Gasteiger partial charge is 0.310 e. The molecule has 0 aliphatic carbocycles. The third-order valence-corrected chi connectivity index (χ3v) is 4.93. The van der Waals surface area contributed by atoms with Crippen LogP contribution >= 0.6 is 46.1 Å². The highest BCUT2D eigenvalue weighted by Gasteiger charge is 2.16. The molecule has 0 aliphatic rings. The second kappa shape index (κ2) is 6.96. The molecule has 2 aromatic rings. The molecule has 0 fully saturated rings. The van der Waals surface area contributed by atoms with E-state index in [9.17, 15) is 0 Å². The molecule has 1 aromatic heterocycles. The molecule has 0 amide bonds. The zero-order valence-corrected chi connectivity index (χ0v) is 13.5. The van der Waals surface area contributed by atoms with Crippen LogP contribution < -0.4 is 5.32 Å². The van der Waals surface area contributed by atoms with Gasteiger partial charge in [0.15, 0.2) is 0 Å². The van der Waals surface area contributed by atoms with Crippen LogP contribution in [0.5, 0.6) is 0 Å². The molecular formula is C14H14Cl3NS. The SMILES string of the molecule is CCNC(Cc1ccc(Cl)s1)c1cccc(Cl)c1Cl. The number of likely N-dealkylation sites (N-methyl/N-ethyl adjacent to an activating group) is 1. The van der Waals surface area contributed by atoms with Gasteiger partial charge in [-0.3, -0.25) is 0 Å². The molecule has 0 saturated heterocycles. The molecule has 1 unspecified atom stereocenters. The predicted octanol–water partition coefficient (Wildman–Crippen LogP) is 5.60. The Morgan fingerprint density at radius 1 is 1.16 bits per heavy atom. The van der Waals surface area contributed by atoms with E-state index >= 15 is 0 Å². The number of halogens is 3. The Labute approximate surface area is 132 Å². The first-order valence-corrected chi connectivity index (χ1v) is 7.98. The molecule has 0 aliphatic heterocycles. The quantitative estimate of drug-likeness (QED) is 0.750. The Kier molecular flexibility index (Phi) is 5.55. The van der Waals surface area contributed by atoms with Crippen molar-refractivity contribution in [2.24, 2.45) is 0 Å². The van der Waals surface area contributed by atoms with E-state index in [2.05, 4.69) is 18.3 Å². The maximum atomic E-state index is 6.30. The summed E-state index contributed by atoms with van der Waals surface area (Å²) in [6.45, 7) is 2.94. The van der Waals surface area contributed by atoms with Gasteiger partial charge in [-0.1, -0.05) is 53.9 Å². The fraction of sp³-hybridized carbons (Fsp3) is 0.286. The smallest absolute Gasteiger partial charge is 0.0931 e. The Morgan fingerprint density at radius 3 is 2.58 bits per heavy atom. The summed E-state index contributed by atoms with van der Waals surface area (Å²) in [6, 6.07) is 9.86. The highest BCUT2D eigenvalue weighted by atomic mass is 35.5. The van der Waals surface area contributed by atoms with E-state index in [0.717, 1.165) is 22.9 Å².